The molecule has 0 unspecified atom stereocenters. The third-order valence-corrected chi connectivity index (χ3v) is 6.26. The molecule has 0 atom stereocenters. The lowest BCUT2D eigenvalue weighted by Crippen LogP contribution is -2.28. The van der Waals surface area contributed by atoms with E-state index < -0.39 is 0 Å². The van der Waals surface area contributed by atoms with Crippen LogP contribution in [0, 0.1) is 5.82 Å². The molecule has 4 aromatic rings. The van der Waals surface area contributed by atoms with Crippen LogP contribution in [0.5, 0.6) is 11.5 Å². The van der Waals surface area contributed by atoms with Crippen LogP contribution in [0.15, 0.2) is 97.1 Å². The number of rotatable bonds is 12. The van der Waals surface area contributed by atoms with Crippen molar-refractivity contribution in [1.29, 1.82) is 0 Å². The Morgan fingerprint density at radius 2 is 1.61 bits per heavy atom. The number of methoxy groups -OCH3 is 1. The summed E-state index contributed by atoms with van der Waals surface area (Å²) in [6.07, 6.45) is 0.780. The highest BCUT2D eigenvalue weighted by Gasteiger charge is 2.14. The van der Waals surface area contributed by atoms with Gasteiger partial charge in [0.15, 0.2) is 11.5 Å². The Bertz CT molecular complexity index is 1340. The molecule has 1 N–H and O–H groups in total. The molecule has 4 aromatic carbocycles. The zero-order valence-electron chi connectivity index (χ0n) is 21.8. The second-order valence-electron chi connectivity index (χ2n) is 9.10. The van der Waals surface area contributed by atoms with Crippen LogP contribution in [0.2, 0.25) is 0 Å². The zero-order chi connectivity index (χ0) is 26.7. The number of para-hydroxylation sites is 1. The van der Waals surface area contributed by atoms with Gasteiger partial charge in [0.2, 0.25) is 5.91 Å². The molecule has 0 aliphatic rings. The highest BCUT2D eigenvalue weighted by atomic mass is 19.1. The van der Waals surface area contributed by atoms with Crippen LogP contribution in [0.25, 0.3) is 0 Å². The van der Waals surface area contributed by atoms with Crippen LogP contribution in [-0.2, 0) is 30.9 Å². The fourth-order valence-electron chi connectivity index (χ4n) is 4.32. The van der Waals surface area contributed by atoms with Gasteiger partial charge in [-0.05, 0) is 59.0 Å². The van der Waals surface area contributed by atoms with E-state index >= 15 is 0 Å². The number of nitrogens with zero attached hydrogens (tertiary/aromatic N) is 1. The fraction of sp³-hybridized carbons (Fsp3) is 0.219. The second-order valence-corrected chi connectivity index (χ2v) is 9.10. The molecule has 0 fully saturated rings. The summed E-state index contributed by atoms with van der Waals surface area (Å²) in [4.78, 5) is 13.9. The minimum absolute atomic E-state index is 0.0544. The van der Waals surface area contributed by atoms with Crippen LogP contribution in [0.4, 0.5) is 10.1 Å². The average Bonchev–Trinajstić information content (AvgIpc) is 2.94. The smallest absolute Gasteiger partial charge is 0.217 e. The first-order chi connectivity index (χ1) is 18.5. The predicted octanol–water partition coefficient (Wildman–Crippen LogP) is 6.30. The SMILES string of the molecule is COc1cc(CCN(Cc2ccccc2)c2ccccc2CNC(C)=O)ccc1OCc1cccc(F)c1. The van der Waals surface area contributed by atoms with E-state index in [-0.39, 0.29) is 18.3 Å². The van der Waals surface area contributed by atoms with Crippen molar-refractivity contribution < 1.29 is 18.7 Å². The van der Waals surface area contributed by atoms with E-state index in [1.54, 1.807) is 13.2 Å². The van der Waals surface area contributed by atoms with Gasteiger partial charge in [0.05, 0.1) is 7.11 Å². The van der Waals surface area contributed by atoms with Crippen LogP contribution in [0.1, 0.15) is 29.2 Å². The molecule has 1 amide bonds. The number of halogens is 1. The van der Waals surface area contributed by atoms with E-state index in [1.807, 2.05) is 54.6 Å². The van der Waals surface area contributed by atoms with Crippen LogP contribution >= 0.6 is 0 Å². The lowest BCUT2D eigenvalue weighted by Gasteiger charge is -2.28. The fourth-order valence-corrected chi connectivity index (χ4v) is 4.32. The van der Waals surface area contributed by atoms with Crippen LogP contribution in [0.3, 0.4) is 0 Å². The van der Waals surface area contributed by atoms with Gasteiger partial charge in [-0.2, -0.15) is 0 Å². The quantitative estimate of drug-likeness (QED) is 0.242. The third kappa shape index (κ3) is 7.59. The van der Waals surface area contributed by atoms with Gasteiger partial charge in [0, 0.05) is 32.2 Å². The summed E-state index contributed by atoms with van der Waals surface area (Å²) in [5, 5.41) is 2.93. The normalized spacial score (nSPS) is 10.6. The Hall–Kier alpha value is -4.32. The lowest BCUT2D eigenvalue weighted by atomic mass is 10.1. The van der Waals surface area contributed by atoms with E-state index in [1.165, 1.54) is 24.6 Å². The number of hydrogen-bond donors (Lipinski definition) is 1. The van der Waals surface area contributed by atoms with Crippen molar-refractivity contribution in [3.05, 3.63) is 125 Å². The maximum Gasteiger partial charge on any atom is 0.217 e. The summed E-state index contributed by atoms with van der Waals surface area (Å²) in [5.41, 5.74) is 5.23. The molecule has 4 rings (SSSR count). The topological polar surface area (TPSA) is 50.8 Å². The number of anilines is 1. The molecule has 0 aromatic heterocycles. The van der Waals surface area contributed by atoms with Crippen molar-refractivity contribution in [3.8, 4) is 11.5 Å². The third-order valence-electron chi connectivity index (χ3n) is 6.26. The molecule has 0 radical (unpaired) electrons. The van der Waals surface area contributed by atoms with Crippen molar-refractivity contribution in [3.63, 3.8) is 0 Å². The number of ether oxygens (including phenoxy) is 2. The summed E-state index contributed by atoms with van der Waals surface area (Å²) in [6, 6.07) is 30.8. The molecule has 0 aliphatic heterocycles. The van der Waals surface area contributed by atoms with Crippen molar-refractivity contribution in [2.45, 2.75) is 33.0 Å². The number of carbonyl (C=O) groups excluding carboxylic acids is 1. The molecular formula is C32H33FN2O3. The maximum atomic E-state index is 13.5. The van der Waals surface area contributed by atoms with Gasteiger partial charge < -0.3 is 19.7 Å². The largest absolute Gasteiger partial charge is 0.493 e. The van der Waals surface area contributed by atoms with Crippen molar-refractivity contribution in [2.75, 3.05) is 18.6 Å². The summed E-state index contributed by atoms with van der Waals surface area (Å²) < 4.78 is 25.0. The van der Waals surface area contributed by atoms with Gasteiger partial charge >= 0.3 is 0 Å². The molecular weight excluding hydrogens is 479 g/mol. The van der Waals surface area contributed by atoms with Gasteiger partial charge in [0.25, 0.3) is 0 Å². The first-order valence-corrected chi connectivity index (χ1v) is 12.7. The average molecular weight is 513 g/mol. The van der Waals surface area contributed by atoms with Gasteiger partial charge in [-0.3, -0.25) is 4.79 Å². The first kappa shape index (κ1) is 26.7. The summed E-state index contributed by atoms with van der Waals surface area (Å²) in [7, 11) is 1.62. The first-order valence-electron chi connectivity index (χ1n) is 12.7. The Morgan fingerprint density at radius 3 is 2.37 bits per heavy atom. The van der Waals surface area contributed by atoms with Crippen molar-refractivity contribution in [1.82, 2.24) is 5.32 Å². The molecule has 5 nitrogen and oxygen atoms in total. The minimum Gasteiger partial charge on any atom is -0.493 e. The van der Waals surface area contributed by atoms with E-state index in [0.717, 1.165) is 41.9 Å². The van der Waals surface area contributed by atoms with Crippen LogP contribution < -0.4 is 19.7 Å². The Balaban J connectivity index is 1.50. The molecule has 6 heteroatoms. The standard InChI is InChI=1S/C32H33FN2O3/c1-24(36)34-21-28-12-6-7-14-30(28)35(22-26-9-4-3-5-10-26)18-17-25-15-16-31(32(20-25)37-2)38-23-27-11-8-13-29(33)19-27/h3-16,19-20H,17-18,21-23H2,1-2H3,(H,34,36). The van der Waals surface area contributed by atoms with Crippen LogP contribution in [-0.4, -0.2) is 19.6 Å². The zero-order valence-corrected chi connectivity index (χ0v) is 21.8. The Morgan fingerprint density at radius 1 is 0.842 bits per heavy atom. The van der Waals surface area contributed by atoms with Crippen molar-refractivity contribution >= 4 is 11.6 Å². The molecule has 0 saturated carbocycles. The molecule has 0 bridgehead atoms. The van der Waals surface area contributed by atoms with Crippen molar-refractivity contribution in [2.24, 2.45) is 0 Å². The molecule has 196 valence electrons. The predicted molar refractivity (Wildman–Crippen MR) is 149 cm³/mol. The minimum atomic E-state index is -0.285. The summed E-state index contributed by atoms with van der Waals surface area (Å²) in [6.45, 7) is 3.76. The van der Waals surface area contributed by atoms with Gasteiger partial charge in [-0.15, -0.1) is 0 Å². The van der Waals surface area contributed by atoms with E-state index in [0.29, 0.717) is 18.0 Å². The van der Waals surface area contributed by atoms with E-state index in [4.69, 9.17) is 9.47 Å². The van der Waals surface area contributed by atoms with E-state index in [2.05, 4.69) is 34.5 Å². The molecule has 0 saturated heterocycles. The van der Waals surface area contributed by atoms with Gasteiger partial charge in [-0.25, -0.2) is 4.39 Å². The number of carbonyl (C=O) groups is 1. The summed E-state index contributed by atoms with van der Waals surface area (Å²) in [5.74, 6) is 0.912. The maximum absolute atomic E-state index is 13.5. The Labute approximate surface area is 223 Å². The highest BCUT2D eigenvalue weighted by Crippen LogP contribution is 2.30. The molecule has 38 heavy (non-hydrogen) atoms. The molecule has 0 aliphatic carbocycles. The molecule has 0 heterocycles. The van der Waals surface area contributed by atoms with Gasteiger partial charge in [0.1, 0.15) is 12.4 Å². The van der Waals surface area contributed by atoms with E-state index in [9.17, 15) is 9.18 Å². The number of benzene rings is 4. The number of nitrogens with one attached hydrogen (secondary N) is 1. The monoisotopic (exact) mass is 512 g/mol. The highest BCUT2D eigenvalue weighted by molar-refractivity contribution is 5.73. The second kappa shape index (κ2) is 13.3. The summed E-state index contributed by atoms with van der Waals surface area (Å²) >= 11 is 0. The number of amides is 1. The van der Waals surface area contributed by atoms with Gasteiger partial charge in [-0.1, -0.05) is 66.7 Å². The Kier molecular flexibility index (Phi) is 9.35. The molecule has 0 spiro atoms. The number of hydrogen-bond acceptors (Lipinski definition) is 4. The lowest BCUT2D eigenvalue weighted by molar-refractivity contribution is -0.119.